The van der Waals surface area contributed by atoms with E-state index in [0.29, 0.717) is 25.6 Å². The molecule has 0 aliphatic carbocycles. The predicted molar refractivity (Wildman–Crippen MR) is 77.4 cm³/mol. The molecule has 4 heteroatoms. The molecule has 0 radical (unpaired) electrons. The molecule has 1 heterocycles. The third kappa shape index (κ3) is 3.54. The van der Waals surface area contributed by atoms with Gasteiger partial charge in [-0.3, -0.25) is 4.79 Å². The topological polar surface area (TPSA) is 44.8 Å². The second-order valence-corrected chi connectivity index (χ2v) is 4.80. The van der Waals surface area contributed by atoms with Crippen molar-refractivity contribution in [2.24, 2.45) is 0 Å². The Kier molecular flexibility index (Phi) is 4.05. The molecule has 0 unspecified atom stereocenters. The molecule has 0 spiro atoms. The Balaban J connectivity index is 1.57. The van der Waals surface area contributed by atoms with E-state index in [1.165, 1.54) is 0 Å². The van der Waals surface area contributed by atoms with E-state index in [-0.39, 0.29) is 12.4 Å². The summed E-state index contributed by atoms with van der Waals surface area (Å²) in [6.45, 7) is 1.39. The summed E-state index contributed by atoms with van der Waals surface area (Å²) in [6.07, 6.45) is 0.226. The summed E-state index contributed by atoms with van der Waals surface area (Å²) in [6, 6.07) is 15.1. The zero-order chi connectivity index (χ0) is 14.5. The van der Waals surface area contributed by atoms with Crippen LogP contribution in [0.15, 0.2) is 48.5 Å². The minimum absolute atomic E-state index is 0.226. The van der Waals surface area contributed by atoms with Gasteiger partial charge in [0.05, 0.1) is 6.42 Å². The summed E-state index contributed by atoms with van der Waals surface area (Å²) in [7, 11) is 0. The van der Waals surface area contributed by atoms with E-state index in [4.69, 9.17) is 14.2 Å². The van der Waals surface area contributed by atoms with Crippen LogP contribution in [0.4, 0.5) is 0 Å². The van der Waals surface area contributed by atoms with E-state index >= 15 is 0 Å². The lowest BCUT2D eigenvalue weighted by atomic mass is 10.1. The minimum atomic E-state index is -0.254. The average molecular weight is 284 g/mol. The minimum Gasteiger partial charge on any atom is -0.486 e. The van der Waals surface area contributed by atoms with Gasteiger partial charge in [-0.15, -0.1) is 0 Å². The lowest BCUT2D eigenvalue weighted by Gasteiger charge is -2.18. The van der Waals surface area contributed by atoms with Crippen LogP contribution in [0, 0.1) is 0 Å². The van der Waals surface area contributed by atoms with E-state index in [9.17, 15) is 4.79 Å². The van der Waals surface area contributed by atoms with Crippen LogP contribution in [0.25, 0.3) is 0 Å². The van der Waals surface area contributed by atoms with Crippen molar-refractivity contribution >= 4 is 5.97 Å². The van der Waals surface area contributed by atoms with Crippen LogP contribution in [0.5, 0.6) is 11.5 Å². The third-order valence-corrected chi connectivity index (χ3v) is 3.20. The van der Waals surface area contributed by atoms with Gasteiger partial charge in [0.1, 0.15) is 19.8 Å². The van der Waals surface area contributed by atoms with Crippen molar-refractivity contribution in [2.75, 3.05) is 13.2 Å². The number of rotatable bonds is 4. The molecule has 0 saturated carbocycles. The van der Waals surface area contributed by atoms with Crippen LogP contribution in [0.1, 0.15) is 11.1 Å². The van der Waals surface area contributed by atoms with E-state index in [1.807, 2.05) is 48.5 Å². The van der Waals surface area contributed by atoms with Gasteiger partial charge in [-0.2, -0.15) is 0 Å². The highest BCUT2D eigenvalue weighted by molar-refractivity contribution is 5.73. The van der Waals surface area contributed by atoms with Gasteiger partial charge in [-0.25, -0.2) is 0 Å². The van der Waals surface area contributed by atoms with Crippen molar-refractivity contribution < 1.29 is 19.0 Å². The van der Waals surface area contributed by atoms with E-state index in [2.05, 4.69) is 0 Å². The lowest BCUT2D eigenvalue weighted by molar-refractivity contribution is -0.144. The summed E-state index contributed by atoms with van der Waals surface area (Å²) in [4.78, 5) is 11.9. The molecule has 2 aromatic rings. The summed E-state index contributed by atoms with van der Waals surface area (Å²) in [5, 5.41) is 0. The van der Waals surface area contributed by atoms with Gasteiger partial charge in [0.25, 0.3) is 0 Å². The number of esters is 1. The largest absolute Gasteiger partial charge is 0.486 e. The molecule has 0 bridgehead atoms. The average Bonchev–Trinajstić information content (AvgIpc) is 2.54. The standard InChI is InChI=1S/C17H16O4/c18-17(21-12-13-4-2-1-3-5-13)11-14-6-7-15-16(10-14)20-9-8-19-15/h1-7,10H,8-9,11-12H2. The van der Waals surface area contributed by atoms with Gasteiger partial charge >= 0.3 is 5.97 Å². The second kappa shape index (κ2) is 6.31. The van der Waals surface area contributed by atoms with Crippen LogP contribution in [-0.4, -0.2) is 19.2 Å². The Morgan fingerprint density at radius 3 is 2.52 bits per heavy atom. The van der Waals surface area contributed by atoms with Crippen molar-refractivity contribution in [3.8, 4) is 11.5 Å². The summed E-state index contributed by atoms with van der Waals surface area (Å²) < 4.78 is 16.2. The number of ether oxygens (including phenoxy) is 3. The SMILES string of the molecule is O=C(Cc1ccc2c(c1)OCCO2)OCc1ccccc1. The molecule has 1 aliphatic rings. The number of carbonyl (C=O) groups is 1. The van der Waals surface area contributed by atoms with Crippen LogP contribution < -0.4 is 9.47 Å². The van der Waals surface area contributed by atoms with E-state index in [0.717, 1.165) is 16.9 Å². The van der Waals surface area contributed by atoms with Crippen LogP contribution >= 0.6 is 0 Å². The molecule has 4 nitrogen and oxygen atoms in total. The van der Waals surface area contributed by atoms with Gasteiger partial charge in [0.15, 0.2) is 11.5 Å². The highest BCUT2D eigenvalue weighted by atomic mass is 16.6. The quantitative estimate of drug-likeness (QED) is 0.810. The number of carbonyl (C=O) groups excluding carboxylic acids is 1. The molecule has 1 aliphatic heterocycles. The fourth-order valence-electron chi connectivity index (χ4n) is 2.15. The second-order valence-electron chi connectivity index (χ2n) is 4.80. The normalized spacial score (nSPS) is 12.8. The Labute approximate surface area is 123 Å². The molecular formula is C17H16O4. The molecule has 0 fully saturated rings. The monoisotopic (exact) mass is 284 g/mol. The fraction of sp³-hybridized carbons (Fsp3) is 0.235. The lowest BCUT2D eigenvalue weighted by Crippen LogP contribution is -2.15. The first-order valence-corrected chi connectivity index (χ1v) is 6.89. The summed E-state index contributed by atoms with van der Waals surface area (Å²) >= 11 is 0. The van der Waals surface area contributed by atoms with Crippen molar-refractivity contribution in [1.29, 1.82) is 0 Å². The van der Waals surface area contributed by atoms with Crippen LogP contribution in [-0.2, 0) is 22.6 Å². The molecule has 0 N–H and O–H groups in total. The van der Waals surface area contributed by atoms with Gasteiger partial charge < -0.3 is 14.2 Å². The first kappa shape index (κ1) is 13.5. The van der Waals surface area contributed by atoms with Gasteiger partial charge in [-0.1, -0.05) is 36.4 Å². The van der Waals surface area contributed by atoms with Gasteiger partial charge in [-0.05, 0) is 23.3 Å². The van der Waals surface area contributed by atoms with Crippen molar-refractivity contribution in [1.82, 2.24) is 0 Å². The number of hydrogen-bond acceptors (Lipinski definition) is 4. The molecule has 108 valence electrons. The third-order valence-electron chi connectivity index (χ3n) is 3.20. The Morgan fingerprint density at radius 2 is 1.71 bits per heavy atom. The maximum atomic E-state index is 11.9. The molecule has 0 saturated heterocycles. The Bertz CT molecular complexity index is 622. The van der Waals surface area contributed by atoms with Gasteiger partial charge in [0, 0.05) is 0 Å². The van der Waals surface area contributed by atoms with Crippen molar-refractivity contribution in [3.05, 3.63) is 59.7 Å². The first-order chi connectivity index (χ1) is 10.3. The van der Waals surface area contributed by atoms with Crippen LogP contribution in [0.2, 0.25) is 0 Å². The van der Waals surface area contributed by atoms with E-state index in [1.54, 1.807) is 0 Å². The summed E-state index contributed by atoms with van der Waals surface area (Å²) in [5.74, 6) is 1.16. The highest BCUT2D eigenvalue weighted by Gasteiger charge is 2.13. The van der Waals surface area contributed by atoms with Gasteiger partial charge in [0.2, 0.25) is 0 Å². The fourth-order valence-corrected chi connectivity index (χ4v) is 2.15. The Morgan fingerprint density at radius 1 is 0.952 bits per heavy atom. The van der Waals surface area contributed by atoms with Crippen molar-refractivity contribution in [2.45, 2.75) is 13.0 Å². The molecule has 0 atom stereocenters. The maximum Gasteiger partial charge on any atom is 0.310 e. The molecule has 2 aromatic carbocycles. The molecule has 21 heavy (non-hydrogen) atoms. The summed E-state index contributed by atoms with van der Waals surface area (Å²) in [5.41, 5.74) is 1.84. The highest BCUT2D eigenvalue weighted by Crippen LogP contribution is 2.30. The van der Waals surface area contributed by atoms with Crippen LogP contribution in [0.3, 0.4) is 0 Å². The zero-order valence-electron chi connectivity index (χ0n) is 11.6. The number of fused-ring (bicyclic) bond motifs is 1. The molecular weight excluding hydrogens is 268 g/mol. The predicted octanol–water partition coefficient (Wildman–Crippen LogP) is 2.74. The Hall–Kier alpha value is -2.49. The van der Waals surface area contributed by atoms with E-state index < -0.39 is 0 Å². The number of benzene rings is 2. The molecule has 3 rings (SSSR count). The molecule has 0 aromatic heterocycles. The first-order valence-electron chi connectivity index (χ1n) is 6.89. The molecule has 0 amide bonds. The van der Waals surface area contributed by atoms with Crippen molar-refractivity contribution in [3.63, 3.8) is 0 Å². The number of hydrogen-bond donors (Lipinski definition) is 0. The smallest absolute Gasteiger partial charge is 0.310 e. The maximum absolute atomic E-state index is 11.9. The zero-order valence-corrected chi connectivity index (χ0v) is 11.6.